The van der Waals surface area contributed by atoms with Crippen LogP contribution in [0.1, 0.15) is 6.42 Å². The number of aliphatic hydroxyl groups is 1. The molecule has 0 saturated carbocycles. The molecule has 102 valence electrons. The second-order valence-corrected chi connectivity index (χ2v) is 3.43. The lowest BCUT2D eigenvalue weighted by atomic mass is 10.3. The number of carboxylic acids is 1. The third kappa shape index (κ3) is 6.67. The maximum absolute atomic E-state index is 11.6. The molecule has 1 atom stereocenters. The maximum atomic E-state index is 11.6. The topological polar surface area (TPSA) is 123 Å². The Hall–Kier alpha value is -1.85. The first-order valence-corrected chi connectivity index (χ1v) is 5.32. The van der Waals surface area contributed by atoms with Gasteiger partial charge >= 0.3 is 12.0 Å². The third-order valence-corrected chi connectivity index (χ3v) is 2.08. The number of rotatable bonds is 8. The Morgan fingerprint density at radius 3 is 2.67 bits per heavy atom. The molecule has 0 aliphatic rings. The molecule has 0 unspecified atom stereocenters. The quantitative estimate of drug-likeness (QED) is 0.514. The van der Waals surface area contributed by atoms with Crippen molar-refractivity contribution in [2.24, 2.45) is 0 Å². The zero-order valence-electron chi connectivity index (χ0n) is 10.1. The third-order valence-electron chi connectivity index (χ3n) is 2.08. The van der Waals surface area contributed by atoms with Crippen LogP contribution in [0.2, 0.25) is 0 Å². The van der Waals surface area contributed by atoms with Gasteiger partial charge < -0.3 is 25.2 Å². The number of methoxy groups -OCH3 is 1. The van der Waals surface area contributed by atoms with Crippen molar-refractivity contribution >= 4 is 12.0 Å². The number of urea groups is 1. The fourth-order valence-electron chi connectivity index (χ4n) is 1.08. The first kappa shape index (κ1) is 16.1. The molecule has 18 heavy (non-hydrogen) atoms. The second-order valence-electron chi connectivity index (χ2n) is 3.43. The molecule has 0 aromatic carbocycles. The van der Waals surface area contributed by atoms with Crippen molar-refractivity contribution in [2.45, 2.75) is 12.5 Å². The van der Waals surface area contributed by atoms with Gasteiger partial charge in [-0.2, -0.15) is 5.26 Å². The fourth-order valence-corrected chi connectivity index (χ4v) is 1.08. The minimum Gasteiger partial charge on any atom is -0.479 e. The molecule has 0 bridgehead atoms. The number of carbonyl (C=O) groups is 2. The van der Waals surface area contributed by atoms with Crippen molar-refractivity contribution in [3.8, 4) is 6.07 Å². The van der Waals surface area contributed by atoms with Gasteiger partial charge in [0.2, 0.25) is 0 Å². The number of ether oxygens (including phenoxy) is 1. The van der Waals surface area contributed by atoms with Gasteiger partial charge in [0.15, 0.2) is 6.10 Å². The number of nitrogens with one attached hydrogen (secondary N) is 1. The molecule has 0 fully saturated rings. The standard InChI is InChI=1S/C10H17N3O5/c1-18-6-5-13(4-2-3-11)10(17)12-7-8(14)9(15)16/h8,14H,2,4-7H2,1H3,(H,12,17)(H,15,16)/t8-/m0/s1. The van der Waals surface area contributed by atoms with Crippen LogP contribution in [0.3, 0.4) is 0 Å². The van der Waals surface area contributed by atoms with E-state index >= 15 is 0 Å². The second kappa shape index (κ2) is 9.21. The zero-order chi connectivity index (χ0) is 14.0. The van der Waals surface area contributed by atoms with Gasteiger partial charge in [-0.15, -0.1) is 0 Å². The van der Waals surface area contributed by atoms with Crippen LogP contribution in [0.15, 0.2) is 0 Å². The largest absolute Gasteiger partial charge is 0.479 e. The number of aliphatic carboxylic acids is 1. The number of hydrogen-bond donors (Lipinski definition) is 3. The van der Waals surface area contributed by atoms with E-state index in [-0.39, 0.29) is 26.1 Å². The highest BCUT2D eigenvalue weighted by atomic mass is 16.5. The van der Waals surface area contributed by atoms with Gasteiger partial charge in [-0.1, -0.05) is 0 Å². The van der Waals surface area contributed by atoms with Crippen molar-refractivity contribution in [1.29, 1.82) is 5.26 Å². The van der Waals surface area contributed by atoms with Gasteiger partial charge in [-0.25, -0.2) is 9.59 Å². The summed E-state index contributed by atoms with van der Waals surface area (Å²) in [7, 11) is 1.48. The monoisotopic (exact) mass is 259 g/mol. The van der Waals surface area contributed by atoms with Gasteiger partial charge in [-0.3, -0.25) is 0 Å². The lowest BCUT2D eigenvalue weighted by Gasteiger charge is -2.22. The smallest absolute Gasteiger partial charge is 0.334 e. The Balaban J connectivity index is 4.19. The summed E-state index contributed by atoms with van der Waals surface area (Å²) in [5.74, 6) is -1.41. The van der Waals surface area contributed by atoms with E-state index < -0.39 is 18.1 Å². The Bertz CT molecular complexity index is 315. The normalized spacial score (nSPS) is 11.4. The average Bonchev–Trinajstić information content (AvgIpc) is 2.35. The molecule has 3 N–H and O–H groups in total. The molecule has 0 radical (unpaired) electrons. The molecule has 0 aliphatic heterocycles. The van der Waals surface area contributed by atoms with E-state index in [0.29, 0.717) is 6.61 Å². The lowest BCUT2D eigenvalue weighted by molar-refractivity contribution is -0.146. The number of nitriles is 1. The van der Waals surface area contributed by atoms with E-state index in [0.717, 1.165) is 0 Å². The minimum absolute atomic E-state index is 0.165. The first-order valence-electron chi connectivity index (χ1n) is 5.32. The minimum atomic E-state index is -1.64. The highest BCUT2D eigenvalue weighted by molar-refractivity contribution is 5.76. The molecule has 0 aliphatic carbocycles. The summed E-state index contributed by atoms with van der Waals surface area (Å²) in [6.07, 6.45) is -1.48. The van der Waals surface area contributed by atoms with Crippen LogP contribution >= 0.6 is 0 Å². The van der Waals surface area contributed by atoms with Crippen molar-refractivity contribution in [3.63, 3.8) is 0 Å². The van der Waals surface area contributed by atoms with Gasteiger partial charge in [0, 0.05) is 20.2 Å². The van der Waals surface area contributed by atoms with Gasteiger partial charge in [0.25, 0.3) is 0 Å². The number of carboxylic acid groups (broad SMARTS) is 1. The summed E-state index contributed by atoms with van der Waals surface area (Å²) in [5.41, 5.74) is 0. The highest BCUT2D eigenvalue weighted by Crippen LogP contribution is 1.93. The maximum Gasteiger partial charge on any atom is 0.334 e. The summed E-state index contributed by atoms with van der Waals surface area (Å²) in [4.78, 5) is 23.3. The van der Waals surface area contributed by atoms with Crippen LogP contribution in [-0.2, 0) is 9.53 Å². The van der Waals surface area contributed by atoms with Crippen LogP contribution in [-0.4, -0.2) is 66.6 Å². The molecule has 0 saturated heterocycles. The van der Waals surface area contributed by atoms with E-state index in [9.17, 15) is 9.59 Å². The van der Waals surface area contributed by atoms with Crippen LogP contribution in [0.5, 0.6) is 0 Å². The van der Waals surface area contributed by atoms with E-state index in [4.69, 9.17) is 20.2 Å². The number of amides is 2. The molecule has 8 heteroatoms. The summed E-state index contributed by atoms with van der Waals surface area (Å²) in [6.45, 7) is 0.423. The average molecular weight is 259 g/mol. The van der Waals surface area contributed by atoms with Crippen LogP contribution in [0.4, 0.5) is 4.79 Å². The summed E-state index contributed by atoms with van der Waals surface area (Å²) >= 11 is 0. The molecule has 0 aromatic heterocycles. The first-order chi connectivity index (χ1) is 8.52. The predicted octanol–water partition coefficient (Wildman–Crippen LogP) is -0.996. The van der Waals surface area contributed by atoms with Gasteiger partial charge in [0.05, 0.1) is 25.6 Å². The molecule has 0 spiro atoms. The van der Waals surface area contributed by atoms with Crippen LogP contribution in [0.25, 0.3) is 0 Å². The summed E-state index contributed by atoms with van der Waals surface area (Å²) < 4.78 is 4.82. The lowest BCUT2D eigenvalue weighted by Crippen LogP contribution is -2.45. The zero-order valence-corrected chi connectivity index (χ0v) is 10.1. The predicted molar refractivity (Wildman–Crippen MR) is 60.7 cm³/mol. The summed E-state index contributed by atoms with van der Waals surface area (Å²) in [5, 5.41) is 28.2. The number of nitrogens with zero attached hydrogens (tertiary/aromatic N) is 2. The van der Waals surface area contributed by atoms with E-state index in [1.54, 1.807) is 0 Å². The van der Waals surface area contributed by atoms with E-state index in [2.05, 4.69) is 5.32 Å². The number of hydrogen-bond acceptors (Lipinski definition) is 5. The van der Waals surface area contributed by atoms with Crippen LogP contribution < -0.4 is 5.32 Å². The van der Waals surface area contributed by atoms with E-state index in [1.165, 1.54) is 12.0 Å². The fraction of sp³-hybridized carbons (Fsp3) is 0.700. The van der Waals surface area contributed by atoms with Gasteiger partial charge in [0.1, 0.15) is 0 Å². The molecule has 0 rings (SSSR count). The number of aliphatic hydroxyl groups excluding tert-OH is 1. The molecular formula is C10H17N3O5. The molecular weight excluding hydrogens is 242 g/mol. The van der Waals surface area contributed by atoms with E-state index in [1.807, 2.05) is 6.07 Å². The Morgan fingerprint density at radius 2 is 2.17 bits per heavy atom. The Morgan fingerprint density at radius 1 is 1.50 bits per heavy atom. The number of carbonyl (C=O) groups excluding carboxylic acids is 1. The van der Waals surface area contributed by atoms with Gasteiger partial charge in [-0.05, 0) is 0 Å². The molecule has 0 aromatic rings. The van der Waals surface area contributed by atoms with Crippen molar-refractivity contribution in [3.05, 3.63) is 0 Å². The molecule has 2 amide bonds. The Kier molecular flexibility index (Phi) is 8.26. The van der Waals surface area contributed by atoms with Crippen molar-refractivity contribution in [2.75, 3.05) is 33.4 Å². The molecule has 8 nitrogen and oxygen atoms in total. The highest BCUT2D eigenvalue weighted by Gasteiger charge is 2.17. The molecule has 0 heterocycles. The summed E-state index contributed by atoms with van der Waals surface area (Å²) in [6, 6.07) is 1.37. The Labute approximate surface area is 105 Å². The van der Waals surface area contributed by atoms with Crippen molar-refractivity contribution < 1.29 is 24.5 Å². The van der Waals surface area contributed by atoms with Crippen molar-refractivity contribution in [1.82, 2.24) is 10.2 Å². The van der Waals surface area contributed by atoms with Crippen LogP contribution in [0, 0.1) is 11.3 Å². The SMILES string of the molecule is COCCN(CCC#N)C(=O)NC[C@H](O)C(=O)O.